The number of halogens is 2. The SMILES string of the molecule is CC(C)(C)[Si](C)(C)n1cc(I)c2cccnc21.Ic1c[nH]c2ncccc12. The molecule has 0 saturated carbocycles. The first-order chi connectivity index (χ1) is 12.6. The fraction of sp³-hybridized carbons (Fsp3) is 0.300. The largest absolute Gasteiger partial charge is 0.358 e. The normalized spacial score (nSPS) is 12.3. The zero-order valence-corrected chi connectivity index (χ0v) is 21.5. The van der Waals surface area contributed by atoms with E-state index in [-0.39, 0.29) is 0 Å². The van der Waals surface area contributed by atoms with Crippen molar-refractivity contribution in [2.45, 2.75) is 38.9 Å². The van der Waals surface area contributed by atoms with Gasteiger partial charge in [-0.1, -0.05) is 33.9 Å². The second-order valence-corrected chi connectivity index (χ2v) is 15.5. The number of fused-ring (bicyclic) bond motifs is 2. The molecule has 0 aliphatic rings. The lowest BCUT2D eigenvalue weighted by Crippen LogP contribution is -2.45. The van der Waals surface area contributed by atoms with Crippen molar-refractivity contribution in [3.8, 4) is 0 Å². The zero-order chi connectivity index (χ0) is 19.8. The van der Waals surface area contributed by atoms with E-state index < -0.39 is 8.24 Å². The summed E-state index contributed by atoms with van der Waals surface area (Å²) in [4.78, 5) is 11.8. The summed E-state index contributed by atoms with van der Waals surface area (Å²) in [5, 5.41) is 2.79. The van der Waals surface area contributed by atoms with E-state index in [1.807, 2.05) is 24.5 Å². The Kier molecular flexibility index (Phi) is 6.02. The van der Waals surface area contributed by atoms with Crippen molar-refractivity contribution in [2.75, 3.05) is 0 Å². The molecule has 0 aromatic carbocycles. The maximum absolute atomic E-state index is 4.57. The Morgan fingerprint density at radius 1 is 0.963 bits per heavy atom. The van der Waals surface area contributed by atoms with Crippen molar-refractivity contribution >= 4 is 75.5 Å². The monoisotopic (exact) mass is 602 g/mol. The van der Waals surface area contributed by atoms with Gasteiger partial charge in [0.1, 0.15) is 11.3 Å². The van der Waals surface area contributed by atoms with E-state index in [0.717, 1.165) is 11.3 Å². The third-order valence-corrected chi connectivity index (χ3v) is 12.3. The van der Waals surface area contributed by atoms with Gasteiger partial charge in [-0.2, -0.15) is 0 Å². The molecule has 7 heteroatoms. The molecule has 4 aromatic heterocycles. The van der Waals surface area contributed by atoms with Crippen LogP contribution in [-0.4, -0.2) is 27.4 Å². The minimum absolute atomic E-state index is 0.319. The minimum atomic E-state index is -1.58. The summed E-state index contributed by atoms with van der Waals surface area (Å²) >= 11 is 4.69. The molecule has 4 heterocycles. The van der Waals surface area contributed by atoms with Crippen LogP contribution in [0.15, 0.2) is 49.1 Å². The molecule has 0 aliphatic heterocycles. The van der Waals surface area contributed by atoms with E-state index in [9.17, 15) is 0 Å². The topological polar surface area (TPSA) is 46.5 Å². The number of nitrogens with zero attached hydrogens (tertiary/aromatic N) is 3. The van der Waals surface area contributed by atoms with Gasteiger partial charge in [0.2, 0.25) is 0 Å². The van der Waals surface area contributed by atoms with Gasteiger partial charge in [-0.15, -0.1) is 0 Å². The van der Waals surface area contributed by atoms with Crippen molar-refractivity contribution in [2.24, 2.45) is 0 Å². The van der Waals surface area contributed by atoms with Crippen LogP contribution in [0.2, 0.25) is 18.1 Å². The predicted molar refractivity (Wildman–Crippen MR) is 134 cm³/mol. The number of aromatic nitrogens is 4. The van der Waals surface area contributed by atoms with Crippen LogP contribution >= 0.6 is 45.2 Å². The first-order valence-corrected chi connectivity index (χ1v) is 13.9. The summed E-state index contributed by atoms with van der Waals surface area (Å²) in [5.74, 6) is 0. The van der Waals surface area contributed by atoms with E-state index in [1.165, 1.54) is 17.9 Å². The van der Waals surface area contributed by atoms with Crippen LogP contribution in [0.4, 0.5) is 0 Å². The summed E-state index contributed by atoms with van der Waals surface area (Å²) < 4.78 is 4.97. The summed E-state index contributed by atoms with van der Waals surface area (Å²) in [6.07, 6.45) is 7.91. The van der Waals surface area contributed by atoms with Crippen LogP contribution in [0.1, 0.15) is 20.8 Å². The van der Waals surface area contributed by atoms with Crippen molar-refractivity contribution in [3.05, 3.63) is 56.2 Å². The molecule has 0 radical (unpaired) electrons. The number of nitrogens with one attached hydrogen (secondary N) is 1. The molecule has 0 amide bonds. The van der Waals surface area contributed by atoms with Crippen molar-refractivity contribution in [1.82, 2.24) is 19.2 Å². The van der Waals surface area contributed by atoms with Crippen LogP contribution in [0.5, 0.6) is 0 Å². The van der Waals surface area contributed by atoms with Crippen LogP contribution in [-0.2, 0) is 0 Å². The van der Waals surface area contributed by atoms with Gasteiger partial charge in [0.05, 0.1) is 0 Å². The Labute approximate surface area is 188 Å². The number of aromatic amines is 1. The molecule has 0 unspecified atom stereocenters. The number of pyridine rings is 2. The van der Waals surface area contributed by atoms with E-state index in [0.29, 0.717) is 5.04 Å². The number of hydrogen-bond donors (Lipinski definition) is 1. The van der Waals surface area contributed by atoms with Crippen LogP contribution in [0.25, 0.3) is 22.1 Å². The standard InChI is InChI=1S/C13H19IN2Si.C7H5IN2/c1-13(2,3)17(4,5)16-9-11(14)10-7-6-8-15-12(10)16;8-6-4-10-7-5(6)2-1-3-9-7/h6-9H,1-5H3;1-4H,(H,9,10). The van der Waals surface area contributed by atoms with Gasteiger partial charge in [0, 0.05) is 42.7 Å². The second kappa shape index (κ2) is 7.82. The predicted octanol–water partition coefficient (Wildman–Crippen LogP) is 6.66. The summed E-state index contributed by atoms with van der Waals surface area (Å²) in [6.45, 7) is 11.8. The van der Waals surface area contributed by atoms with Crippen molar-refractivity contribution in [3.63, 3.8) is 0 Å². The Hall–Kier alpha value is -0.943. The fourth-order valence-corrected chi connectivity index (χ4v) is 6.16. The van der Waals surface area contributed by atoms with E-state index in [1.54, 1.807) is 6.20 Å². The maximum Gasteiger partial charge on any atom is 0.163 e. The molecule has 0 aliphatic carbocycles. The summed E-state index contributed by atoms with van der Waals surface area (Å²) in [7, 11) is -1.58. The average Bonchev–Trinajstić information content (AvgIpc) is 3.17. The highest BCUT2D eigenvalue weighted by Gasteiger charge is 2.38. The zero-order valence-electron chi connectivity index (χ0n) is 16.2. The lowest BCUT2D eigenvalue weighted by Gasteiger charge is -2.38. The molecule has 0 fully saturated rings. The summed E-state index contributed by atoms with van der Waals surface area (Å²) in [5.41, 5.74) is 2.11. The molecule has 0 atom stereocenters. The molecule has 4 nitrogen and oxygen atoms in total. The van der Waals surface area contributed by atoms with E-state index in [2.05, 4.69) is 117 Å². The molecule has 142 valence electrons. The Bertz CT molecular complexity index is 1080. The molecular weight excluding hydrogens is 578 g/mol. The van der Waals surface area contributed by atoms with Crippen molar-refractivity contribution < 1.29 is 0 Å². The quantitative estimate of drug-likeness (QED) is 0.196. The lowest BCUT2D eigenvalue weighted by atomic mass is 10.2. The Balaban J connectivity index is 0.000000177. The third-order valence-electron chi connectivity index (χ3n) is 5.35. The number of hydrogen-bond acceptors (Lipinski definition) is 2. The number of H-pyrrole nitrogens is 1. The first-order valence-electron chi connectivity index (χ1n) is 8.82. The Morgan fingerprint density at radius 3 is 2.22 bits per heavy atom. The van der Waals surface area contributed by atoms with Crippen molar-refractivity contribution in [1.29, 1.82) is 0 Å². The van der Waals surface area contributed by atoms with Gasteiger partial charge >= 0.3 is 0 Å². The molecule has 27 heavy (non-hydrogen) atoms. The molecule has 0 bridgehead atoms. The highest BCUT2D eigenvalue weighted by atomic mass is 127. The van der Waals surface area contributed by atoms with Crippen LogP contribution in [0, 0.1) is 7.14 Å². The van der Waals surface area contributed by atoms with Crippen LogP contribution < -0.4 is 0 Å². The van der Waals surface area contributed by atoms with Gasteiger partial charge in [-0.25, -0.2) is 9.97 Å². The van der Waals surface area contributed by atoms with E-state index >= 15 is 0 Å². The fourth-order valence-electron chi connectivity index (χ4n) is 2.73. The smallest absolute Gasteiger partial charge is 0.163 e. The van der Waals surface area contributed by atoms with Gasteiger partial charge in [0.15, 0.2) is 8.24 Å². The molecule has 1 N–H and O–H groups in total. The third kappa shape index (κ3) is 4.09. The van der Waals surface area contributed by atoms with Gasteiger partial charge in [-0.3, -0.25) is 0 Å². The highest BCUT2D eigenvalue weighted by molar-refractivity contribution is 14.1. The molecule has 0 saturated heterocycles. The van der Waals surface area contributed by atoms with Gasteiger partial charge in [-0.05, 0) is 74.5 Å². The van der Waals surface area contributed by atoms with Gasteiger partial charge in [0.25, 0.3) is 0 Å². The molecule has 4 aromatic rings. The van der Waals surface area contributed by atoms with Crippen LogP contribution in [0.3, 0.4) is 0 Å². The van der Waals surface area contributed by atoms with E-state index in [4.69, 9.17) is 0 Å². The molecule has 0 spiro atoms. The van der Waals surface area contributed by atoms with Gasteiger partial charge < -0.3 is 9.22 Å². The highest BCUT2D eigenvalue weighted by Crippen LogP contribution is 2.39. The average molecular weight is 602 g/mol. The summed E-state index contributed by atoms with van der Waals surface area (Å²) in [6, 6.07) is 8.17. The molecule has 4 rings (SSSR count). The minimum Gasteiger partial charge on any atom is -0.358 e. The number of rotatable bonds is 1. The lowest BCUT2D eigenvalue weighted by molar-refractivity contribution is 0.702. The first kappa shape index (κ1) is 20.8. The maximum atomic E-state index is 4.57. The Morgan fingerprint density at radius 2 is 1.59 bits per heavy atom. The molecular formula is C20H24I2N4Si. The second-order valence-electron chi connectivity index (χ2n) is 8.07.